The normalized spacial score (nSPS) is 17.1. The van der Waals surface area contributed by atoms with Gasteiger partial charge in [-0.25, -0.2) is 9.97 Å². The van der Waals surface area contributed by atoms with Crippen LogP contribution >= 0.6 is 0 Å². The smallest absolute Gasteiger partial charge is 0.338 e. The van der Waals surface area contributed by atoms with E-state index in [0.29, 0.717) is 19.0 Å². The highest BCUT2D eigenvalue weighted by atomic mass is 19.4. The van der Waals surface area contributed by atoms with Gasteiger partial charge in [0.15, 0.2) is 0 Å². The molecule has 1 fully saturated rings. The van der Waals surface area contributed by atoms with Crippen LogP contribution in [0.4, 0.5) is 19.1 Å². The third-order valence-electron chi connectivity index (χ3n) is 5.09. The second kappa shape index (κ2) is 7.31. The van der Waals surface area contributed by atoms with Crippen LogP contribution in [-0.4, -0.2) is 51.0 Å². The Balaban J connectivity index is 1.41. The molecule has 3 aromatic rings. The lowest BCUT2D eigenvalue weighted by molar-refractivity contribution is -0.138. The lowest BCUT2D eigenvalue weighted by atomic mass is 10.1. The Labute approximate surface area is 160 Å². The number of anilines is 1. The van der Waals surface area contributed by atoms with E-state index in [-0.39, 0.29) is 6.04 Å². The molecule has 1 saturated heterocycles. The van der Waals surface area contributed by atoms with E-state index in [1.54, 1.807) is 12.4 Å². The van der Waals surface area contributed by atoms with Crippen LogP contribution in [-0.2, 0) is 6.18 Å². The topological polar surface area (TPSA) is 58.0 Å². The molecule has 1 aromatic carbocycles. The SMILES string of the molecule is C[C@H](c1ccc2nccnc2c1)N1CCN(c2ncc(C(F)(F)F)cn2)CC1. The molecule has 0 amide bonds. The first-order valence-corrected chi connectivity index (χ1v) is 9.01. The number of nitrogens with zero attached hydrogens (tertiary/aromatic N) is 6. The summed E-state index contributed by atoms with van der Waals surface area (Å²) in [7, 11) is 0. The highest BCUT2D eigenvalue weighted by Gasteiger charge is 2.32. The fourth-order valence-corrected chi connectivity index (χ4v) is 3.39. The van der Waals surface area contributed by atoms with Gasteiger partial charge in [0.1, 0.15) is 0 Å². The van der Waals surface area contributed by atoms with Crippen LogP contribution in [0.3, 0.4) is 0 Å². The molecule has 3 heterocycles. The number of piperazine rings is 1. The van der Waals surface area contributed by atoms with E-state index in [0.717, 1.165) is 42.1 Å². The first-order chi connectivity index (χ1) is 13.4. The average molecular weight is 388 g/mol. The maximum atomic E-state index is 12.7. The molecule has 28 heavy (non-hydrogen) atoms. The minimum absolute atomic E-state index is 0.196. The maximum Gasteiger partial charge on any atom is 0.419 e. The lowest BCUT2D eigenvalue weighted by Gasteiger charge is -2.38. The Morgan fingerprint density at radius 3 is 2.18 bits per heavy atom. The van der Waals surface area contributed by atoms with Crippen molar-refractivity contribution in [1.29, 1.82) is 0 Å². The van der Waals surface area contributed by atoms with Crippen LogP contribution in [0.5, 0.6) is 0 Å². The fourth-order valence-electron chi connectivity index (χ4n) is 3.39. The second-order valence-corrected chi connectivity index (χ2v) is 6.77. The van der Waals surface area contributed by atoms with Crippen molar-refractivity contribution in [3.05, 3.63) is 54.1 Å². The van der Waals surface area contributed by atoms with Crippen LogP contribution in [0.1, 0.15) is 24.1 Å². The minimum Gasteiger partial charge on any atom is -0.338 e. The number of rotatable bonds is 3. The quantitative estimate of drug-likeness (QED) is 0.686. The number of alkyl halides is 3. The van der Waals surface area contributed by atoms with E-state index in [1.807, 2.05) is 11.0 Å². The molecule has 0 N–H and O–H groups in total. The molecular formula is C19H19F3N6. The van der Waals surface area contributed by atoms with E-state index >= 15 is 0 Å². The summed E-state index contributed by atoms with van der Waals surface area (Å²) in [6.07, 6.45) is 0.616. The number of hydrogen-bond acceptors (Lipinski definition) is 6. The number of hydrogen-bond donors (Lipinski definition) is 0. The zero-order chi connectivity index (χ0) is 19.7. The lowest BCUT2D eigenvalue weighted by Crippen LogP contribution is -2.47. The first kappa shape index (κ1) is 18.5. The van der Waals surface area contributed by atoms with Gasteiger partial charge in [-0.05, 0) is 24.6 Å². The van der Waals surface area contributed by atoms with Gasteiger partial charge >= 0.3 is 6.18 Å². The van der Waals surface area contributed by atoms with E-state index in [4.69, 9.17) is 0 Å². The Kier molecular flexibility index (Phi) is 4.84. The standard InChI is InChI=1S/C19H19F3N6/c1-13(14-2-3-16-17(10-14)24-5-4-23-16)27-6-8-28(9-7-27)18-25-11-15(12-26-18)19(20,21)22/h2-5,10-13H,6-9H2,1H3/t13-/m1/s1. The zero-order valence-electron chi connectivity index (χ0n) is 15.3. The third-order valence-corrected chi connectivity index (χ3v) is 5.09. The van der Waals surface area contributed by atoms with Gasteiger partial charge in [-0.2, -0.15) is 13.2 Å². The molecular weight excluding hydrogens is 369 g/mol. The largest absolute Gasteiger partial charge is 0.419 e. The molecule has 0 radical (unpaired) electrons. The van der Waals surface area contributed by atoms with Gasteiger partial charge in [0, 0.05) is 57.0 Å². The summed E-state index contributed by atoms with van der Waals surface area (Å²) in [6.45, 7) is 4.99. The van der Waals surface area contributed by atoms with Crippen molar-refractivity contribution in [1.82, 2.24) is 24.8 Å². The molecule has 1 aliphatic heterocycles. The van der Waals surface area contributed by atoms with Crippen molar-refractivity contribution in [2.75, 3.05) is 31.1 Å². The highest BCUT2D eigenvalue weighted by Crippen LogP contribution is 2.29. The van der Waals surface area contributed by atoms with Gasteiger partial charge in [0.25, 0.3) is 0 Å². The summed E-state index contributed by atoms with van der Waals surface area (Å²) in [6, 6.07) is 6.29. The van der Waals surface area contributed by atoms with Gasteiger partial charge < -0.3 is 4.90 Å². The molecule has 0 aliphatic carbocycles. The van der Waals surface area contributed by atoms with E-state index < -0.39 is 11.7 Å². The van der Waals surface area contributed by atoms with Crippen LogP contribution in [0.25, 0.3) is 11.0 Å². The van der Waals surface area contributed by atoms with Crippen molar-refractivity contribution >= 4 is 17.0 Å². The van der Waals surface area contributed by atoms with Crippen molar-refractivity contribution in [3.63, 3.8) is 0 Å². The number of benzene rings is 1. The first-order valence-electron chi connectivity index (χ1n) is 9.01. The average Bonchev–Trinajstić information content (AvgIpc) is 2.72. The number of aromatic nitrogens is 4. The number of halogens is 3. The molecule has 0 spiro atoms. The van der Waals surface area contributed by atoms with E-state index in [9.17, 15) is 13.2 Å². The Morgan fingerprint density at radius 2 is 1.54 bits per heavy atom. The molecule has 0 unspecified atom stereocenters. The van der Waals surface area contributed by atoms with Gasteiger partial charge in [-0.3, -0.25) is 14.9 Å². The molecule has 9 heteroatoms. The molecule has 6 nitrogen and oxygen atoms in total. The molecule has 1 aliphatic rings. The van der Waals surface area contributed by atoms with Gasteiger partial charge in [-0.15, -0.1) is 0 Å². The molecule has 0 saturated carbocycles. The van der Waals surface area contributed by atoms with Crippen molar-refractivity contribution < 1.29 is 13.2 Å². The molecule has 146 valence electrons. The van der Waals surface area contributed by atoms with Gasteiger partial charge in [0.05, 0.1) is 16.6 Å². The second-order valence-electron chi connectivity index (χ2n) is 6.77. The van der Waals surface area contributed by atoms with Crippen molar-refractivity contribution in [2.45, 2.75) is 19.1 Å². The Morgan fingerprint density at radius 1 is 0.893 bits per heavy atom. The van der Waals surface area contributed by atoms with Crippen LogP contribution in [0, 0.1) is 0 Å². The third kappa shape index (κ3) is 3.75. The molecule has 0 bridgehead atoms. The minimum atomic E-state index is -4.42. The Bertz CT molecular complexity index is 952. The number of fused-ring (bicyclic) bond motifs is 1. The molecule has 2 aromatic heterocycles. The predicted octanol–water partition coefficient (Wildman–Crippen LogP) is 3.32. The summed E-state index contributed by atoms with van der Waals surface area (Å²) in [5.41, 5.74) is 2.06. The summed E-state index contributed by atoms with van der Waals surface area (Å²) in [5, 5.41) is 0. The maximum absolute atomic E-state index is 12.7. The van der Waals surface area contributed by atoms with Crippen LogP contribution < -0.4 is 4.90 Å². The summed E-state index contributed by atoms with van der Waals surface area (Å²) in [5.74, 6) is 0.335. The predicted molar refractivity (Wildman–Crippen MR) is 98.8 cm³/mol. The fraction of sp³-hybridized carbons (Fsp3) is 0.368. The van der Waals surface area contributed by atoms with Crippen LogP contribution in [0.15, 0.2) is 43.0 Å². The van der Waals surface area contributed by atoms with Crippen molar-refractivity contribution in [3.8, 4) is 0 Å². The van der Waals surface area contributed by atoms with Gasteiger partial charge in [0.2, 0.25) is 5.95 Å². The monoisotopic (exact) mass is 388 g/mol. The van der Waals surface area contributed by atoms with Crippen molar-refractivity contribution in [2.24, 2.45) is 0 Å². The highest BCUT2D eigenvalue weighted by molar-refractivity contribution is 5.74. The van der Waals surface area contributed by atoms with Gasteiger partial charge in [-0.1, -0.05) is 6.07 Å². The van der Waals surface area contributed by atoms with E-state index in [2.05, 4.69) is 43.9 Å². The molecule has 4 rings (SSSR count). The zero-order valence-corrected chi connectivity index (χ0v) is 15.3. The summed E-state index contributed by atoms with van der Waals surface area (Å²) in [4.78, 5) is 20.7. The van der Waals surface area contributed by atoms with Crippen LogP contribution in [0.2, 0.25) is 0 Å². The summed E-state index contributed by atoms with van der Waals surface area (Å²) < 4.78 is 38.0. The summed E-state index contributed by atoms with van der Waals surface area (Å²) >= 11 is 0. The van der Waals surface area contributed by atoms with E-state index in [1.165, 1.54) is 0 Å². The molecule has 1 atom stereocenters. The Hall–Kier alpha value is -2.81.